The molecule has 4 nitrogen and oxygen atoms in total. The fourth-order valence-corrected chi connectivity index (χ4v) is 3.07. The van der Waals surface area contributed by atoms with Crippen LogP contribution in [0.4, 0.5) is 8.78 Å². The zero-order valence-corrected chi connectivity index (χ0v) is 11.9. The molecular formula is C14H12ClF2NO3. The topological polar surface area (TPSA) is 46.6 Å². The van der Waals surface area contributed by atoms with Gasteiger partial charge in [0.1, 0.15) is 18.5 Å². The quantitative estimate of drug-likeness (QED) is 0.785. The van der Waals surface area contributed by atoms with Crippen LogP contribution in [0.15, 0.2) is 12.1 Å². The van der Waals surface area contributed by atoms with Crippen molar-refractivity contribution in [2.45, 2.75) is 18.0 Å². The van der Waals surface area contributed by atoms with Crippen LogP contribution in [0.5, 0.6) is 0 Å². The maximum Gasteiger partial charge on any atom is 0.325 e. The molecule has 2 aliphatic rings. The molecule has 1 aromatic carbocycles. The van der Waals surface area contributed by atoms with Crippen LogP contribution in [0, 0.1) is 5.82 Å². The number of halogens is 3. The monoisotopic (exact) mass is 315 g/mol. The molecule has 21 heavy (non-hydrogen) atoms. The maximum atomic E-state index is 14.3. The van der Waals surface area contributed by atoms with Crippen molar-refractivity contribution in [1.82, 2.24) is 4.90 Å². The van der Waals surface area contributed by atoms with Gasteiger partial charge in [-0.2, -0.15) is 0 Å². The molecule has 1 aromatic rings. The van der Waals surface area contributed by atoms with Gasteiger partial charge in [0, 0.05) is 17.7 Å². The van der Waals surface area contributed by atoms with Crippen LogP contribution < -0.4 is 0 Å². The average Bonchev–Trinajstić information content (AvgIpc) is 3.09. The third kappa shape index (κ3) is 2.00. The Morgan fingerprint density at radius 2 is 2.24 bits per heavy atom. The first-order chi connectivity index (χ1) is 9.90. The van der Waals surface area contributed by atoms with Gasteiger partial charge >= 0.3 is 5.97 Å². The zero-order chi connectivity index (χ0) is 15.4. The van der Waals surface area contributed by atoms with E-state index in [1.165, 1.54) is 24.1 Å². The predicted molar refractivity (Wildman–Crippen MR) is 70.5 cm³/mol. The number of carbonyl (C=O) groups is 2. The lowest BCUT2D eigenvalue weighted by molar-refractivity contribution is -0.141. The Morgan fingerprint density at radius 3 is 2.81 bits per heavy atom. The SMILES string of the molecule is COC(=O)CN1CC2(C[C@H]2F)c2c(ccc(Cl)c2F)C1=O. The minimum atomic E-state index is -1.25. The summed E-state index contributed by atoms with van der Waals surface area (Å²) in [5.41, 5.74) is -0.993. The van der Waals surface area contributed by atoms with Crippen LogP contribution in [0.2, 0.25) is 5.02 Å². The van der Waals surface area contributed by atoms with E-state index in [2.05, 4.69) is 4.74 Å². The van der Waals surface area contributed by atoms with E-state index in [1.807, 2.05) is 0 Å². The normalized spacial score (nSPS) is 26.8. The molecule has 0 saturated heterocycles. The summed E-state index contributed by atoms with van der Waals surface area (Å²) in [6.07, 6.45) is -1.14. The van der Waals surface area contributed by atoms with E-state index in [1.54, 1.807) is 0 Å². The molecule has 1 spiro atoms. The number of benzene rings is 1. The highest BCUT2D eigenvalue weighted by molar-refractivity contribution is 6.31. The van der Waals surface area contributed by atoms with E-state index in [4.69, 9.17) is 11.6 Å². The fraction of sp³-hybridized carbons (Fsp3) is 0.429. The second-order valence-electron chi connectivity index (χ2n) is 5.35. The van der Waals surface area contributed by atoms with Crippen molar-refractivity contribution < 1.29 is 23.1 Å². The third-order valence-corrected chi connectivity index (χ3v) is 4.41. The standard InChI is InChI=1S/C14H12ClF2NO3/c1-21-10(19)5-18-6-14(4-9(14)16)11-7(13(18)20)2-3-8(15)12(11)17/h2-3,9H,4-6H2,1H3/t9-,14?/m1/s1. The van der Waals surface area contributed by atoms with Crippen molar-refractivity contribution in [3.63, 3.8) is 0 Å². The van der Waals surface area contributed by atoms with E-state index >= 15 is 0 Å². The summed E-state index contributed by atoms with van der Waals surface area (Å²) in [6.45, 7) is -0.333. The number of amides is 1. The zero-order valence-electron chi connectivity index (χ0n) is 11.2. The Labute approximate surface area is 124 Å². The molecule has 1 saturated carbocycles. The minimum Gasteiger partial charge on any atom is -0.468 e. The number of fused-ring (bicyclic) bond motifs is 2. The molecule has 0 bridgehead atoms. The molecule has 0 N–H and O–H groups in total. The van der Waals surface area contributed by atoms with E-state index in [-0.39, 0.29) is 35.7 Å². The van der Waals surface area contributed by atoms with Crippen molar-refractivity contribution in [1.29, 1.82) is 0 Å². The van der Waals surface area contributed by atoms with E-state index in [9.17, 15) is 18.4 Å². The molecule has 1 unspecified atom stereocenters. The van der Waals surface area contributed by atoms with E-state index in [0.29, 0.717) is 0 Å². The highest BCUT2D eigenvalue weighted by Crippen LogP contribution is 2.55. The van der Waals surface area contributed by atoms with Gasteiger partial charge in [-0.25, -0.2) is 8.78 Å². The lowest BCUT2D eigenvalue weighted by Crippen LogP contribution is -2.47. The van der Waals surface area contributed by atoms with Gasteiger partial charge in [-0.15, -0.1) is 0 Å². The van der Waals surface area contributed by atoms with Crippen LogP contribution in [-0.4, -0.2) is 43.1 Å². The molecule has 1 aliphatic carbocycles. The van der Waals surface area contributed by atoms with Gasteiger partial charge in [-0.1, -0.05) is 11.6 Å². The Bertz CT molecular complexity index is 651. The summed E-state index contributed by atoms with van der Waals surface area (Å²) in [6, 6.07) is 2.64. The first kappa shape index (κ1) is 14.3. The minimum absolute atomic E-state index is 0.0358. The van der Waals surface area contributed by atoms with Gasteiger partial charge in [-0.05, 0) is 18.6 Å². The highest BCUT2D eigenvalue weighted by atomic mass is 35.5. The molecule has 7 heteroatoms. The molecule has 112 valence electrons. The number of rotatable bonds is 2. The fourth-order valence-electron chi connectivity index (χ4n) is 2.91. The Balaban J connectivity index is 2.07. The van der Waals surface area contributed by atoms with Crippen molar-refractivity contribution in [3.05, 3.63) is 34.1 Å². The van der Waals surface area contributed by atoms with Crippen LogP contribution in [0.25, 0.3) is 0 Å². The van der Waals surface area contributed by atoms with Gasteiger partial charge < -0.3 is 9.64 Å². The molecule has 1 fully saturated rings. The number of esters is 1. The predicted octanol–water partition coefficient (Wildman–Crippen LogP) is 2.09. The average molecular weight is 316 g/mol. The summed E-state index contributed by atoms with van der Waals surface area (Å²) < 4.78 is 32.7. The van der Waals surface area contributed by atoms with Gasteiger partial charge in [0.2, 0.25) is 0 Å². The van der Waals surface area contributed by atoms with Gasteiger partial charge in [-0.3, -0.25) is 9.59 Å². The van der Waals surface area contributed by atoms with Crippen molar-refractivity contribution in [3.8, 4) is 0 Å². The number of alkyl halides is 1. The molecule has 0 radical (unpaired) electrons. The number of ether oxygens (including phenoxy) is 1. The van der Waals surface area contributed by atoms with Crippen molar-refractivity contribution in [2.24, 2.45) is 0 Å². The molecular weight excluding hydrogens is 304 g/mol. The van der Waals surface area contributed by atoms with Crippen LogP contribution in [0.3, 0.4) is 0 Å². The molecule has 1 aliphatic heterocycles. The van der Waals surface area contributed by atoms with Crippen LogP contribution in [0.1, 0.15) is 22.3 Å². The lowest BCUT2D eigenvalue weighted by atomic mass is 9.85. The van der Waals surface area contributed by atoms with E-state index in [0.717, 1.165) is 0 Å². The number of nitrogens with zero attached hydrogens (tertiary/aromatic N) is 1. The Hall–Kier alpha value is -1.69. The maximum absolute atomic E-state index is 14.3. The van der Waals surface area contributed by atoms with Gasteiger partial charge in [0.15, 0.2) is 0 Å². The second kappa shape index (κ2) is 4.66. The number of methoxy groups -OCH3 is 1. The highest BCUT2D eigenvalue weighted by Gasteiger charge is 2.62. The lowest BCUT2D eigenvalue weighted by Gasteiger charge is -2.34. The molecule has 0 aromatic heterocycles. The van der Waals surface area contributed by atoms with Crippen LogP contribution in [-0.2, 0) is 14.9 Å². The first-order valence-corrected chi connectivity index (χ1v) is 6.77. The molecule has 3 rings (SSSR count). The number of hydrogen-bond donors (Lipinski definition) is 0. The number of hydrogen-bond acceptors (Lipinski definition) is 3. The molecule has 2 atom stereocenters. The largest absolute Gasteiger partial charge is 0.468 e. The molecule has 1 amide bonds. The Morgan fingerprint density at radius 1 is 1.57 bits per heavy atom. The first-order valence-electron chi connectivity index (χ1n) is 6.39. The summed E-state index contributed by atoms with van der Waals surface area (Å²) in [5, 5.41) is -0.138. The van der Waals surface area contributed by atoms with Crippen molar-refractivity contribution in [2.75, 3.05) is 20.2 Å². The van der Waals surface area contributed by atoms with E-state index < -0.39 is 29.3 Å². The summed E-state index contributed by atoms with van der Waals surface area (Å²) in [7, 11) is 1.20. The van der Waals surface area contributed by atoms with Crippen molar-refractivity contribution >= 4 is 23.5 Å². The second-order valence-corrected chi connectivity index (χ2v) is 5.76. The van der Waals surface area contributed by atoms with Crippen LogP contribution >= 0.6 is 11.6 Å². The van der Waals surface area contributed by atoms with Gasteiger partial charge in [0.25, 0.3) is 5.91 Å². The summed E-state index contributed by atoms with van der Waals surface area (Å²) in [5.74, 6) is -1.87. The summed E-state index contributed by atoms with van der Waals surface area (Å²) >= 11 is 5.74. The third-order valence-electron chi connectivity index (χ3n) is 4.11. The summed E-state index contributed by atoms with van der Waals surface area (Å²) in [4.78, 5) is 24.9. The smallest absolute Gasteiger partial charge is 0.325 e. The molecule has 1 heterocycles. The van der Waals surface area contributed by atoms with Gasteiger partial charge in [0.05, 0.1) is 17.5 Å². The Kier molecular flexibility index (Phi) is 3.16. The number of carbonyl (C=O) groups excluding carboxylic acids is 2.